The molecule has 3 atom stereocenters. The monoisotopic (exact) mass is 2050 g/mol. The SMILES string of the molecule is CC(C)CC(=O)COc1noc2ccc(-c3ccc(OC(F)(F)F)cc3)cc12.CC(C)[C@@H](COc1noc2ccc(-c3ccc(OC(F)(F)F)cc3)cc12)N1CCCC1=O.CC(C)[C@H](C)COc1noc2ccc(-c3ccc(OC(F)(F)F)cc3)cc12.C[C@H](COc1noc2ccc(-c3ccc(OC(F)(F)F)cc3)cc12)N1CCCC1=O.O=C(COc1noc2ccc(-c3ccc(OC(F)(F)F)cc3)cc12)N1CCCC1. The number of benzene rings is 10. The Labute approximate surface area is 823 Å². The summed E-state index contributed by atoms with van der Waals surface area (Å²) in [5.41, 5.74) is 9.91. The molecule has 27 nitrogen and oxygen atoms in total. The number of likely N-dealkylation sites (tertiary alicyclic amines) is 3. The van der Waals surface area contributed by atoms with Crippen LogP contribution in [0.2, 0.25) is 0 Å². The Morgan fingerprint density at radius 2 is 0.582 bits per heavy atom. The summed E-state index contributed by atoms with van der Waals surface area (Å²) < 4.78 is 259. The zero-order chi connectivity index (χ0) is 105. The van der Waals surface area contributed by atoms with E-state index in [1.807, 2.05) is 57.7 Å². The number of amides is 3. The van der Waals surface area contributed by atoms with Crippen LogP contribution in [-0.2, 0) is 19.2 Å². The van der Waals surface area contributed by atoms with Crippen LogP contribution in [0.25, 0.3) is 110 Å². The molecule has 3 amide bonds. The molecule has 0 spiro atoms. The average Bonchev–Trinajstić information content (AvgIpc) is 1.66. The van der Waals surface area contributed by atoms with E-state index in [0.717, 1.165) is 90.6 Å². The number of alkyl halides is 15. The maximum Gasteiger partial charge on any atom is 0.573 e. The molecule has 3 aliphatic rings. The molecule has 146 heavy (non-hydrogen) atoms. The fraction of sp³-hybridized carbons (Fsp3) is 0.337. The quantitative estimate of drug-likeness (QED) is 0.0365. The molecule has 3 fully saturated rings. The number of ether oxygens (including phenoxy) is 10. The van der Waals surface area contributed by atoms with Crippen molar-refractivity contribution < 1.29 is 155 Å². The molecule has 0 radical (unpaired) electrons. The number of nitrogens with zero attached hydrogens (tertiary/aromatic N) is 8. The van der Waals surface area contributed by atoms with E-state index >= 15 is 0 Å². The van der Waals surface area contributed by atoms with Gasteiger partial charge in [-0.05, 0) is 259 Å². The molecule has 10 aromatic carbocycles. The highest BCUT2D eigenvalue weighted by molar-refractivity contribution is 5.92. The molecule has 0 N–H and O–H groups in total. The van der Waals surface area contributed by atoms with E-state index in [-0.39, 0.29) is 108 Å². The van der Waals surface area contributed by atoms with E-state index in [1.54, 1.807) is 107 Å². The zero-order valence-corrected chi connectivity index (χ0v) is 79.5. The minimum absolute atomic E-state index is 0.0393. The Morgan fingerprint density at radius 3 is 0.849 bits per heavy atom. The number of rotatable bonds is 31. The third-order valence-electron chi connectivity index (χ3n) is 23.5. The second-order valence-corrected chi connectivity index (χ2v) is 35.4. The van der Waals surface area contributed by atoms with Gasteiger partial charge in [-0.25, -0.2) is 0 Å². The number of hydrogen-bond acceptors (Lipinski definition) is 24. The molecule has 0 unspecified atom stereocenters. The van der Waals surface area contributed by atoms with Crippen LogP contribution in [0.3, 0.4) is 0 Å². The van der Waals surface area contributed by atoms with Crippen LogP contribution in [-0.4, -0.2) is 167 Å². The van der Waals surface area contributed by atoms with E-state index in [2.05, 4.69) is 70.2 Å². The molecule has 0 bridgehead atoms. The van der Waals surface area contributed by atoms with Gasteiger partial charge in [-0.3, -0.25) is 19.2 Å². The third kappa shape index (κ3) is 29.7. The summed E-state index contributed by atoms with van der Waals surface area (Å²) in [6, 6.07) is 54.2. The fourth-order valence-electron chi connectivity index (χ4n) is 15.8. The molecule has 15 aromatic rings. The number of Topliss-reactive ketones (excluding diaryl/α,β-unsaturated/α-hetero) is 1. The second kappa shape index (κ2) is 46.5. The third-order valence-corrected chi connectivity index (χ3v) is 23.5. The first kappa shape index (κ1) is 106. The first-order valence-corrected chi connectivity index (χ1v) is 46.1. The number of fused-ring (bicyclic) bond motifs is 5. The van der Waals surface area contributed by atoms with Crippen molar-refractivity contribution in [2.75, 3.05) is 59.2 Å². The van der Waals surface area contributed by atoms with Gasteiger partial charge in [0.2, 0.25) is 11.8 Å². The van der Waals surface area contributed by atoms with Crippen molar-refractivity contribution >= 4 is 78.4 Å². The Morgan fingerprint density at radius 1 is 0.315 bits per heavy atom. The summed E-state index contributed by atoms with van der Waals surface area (Å²) in [5.74, 6) is 1.43. The van der Waals surface area contributed by atoms with E-state index < -0.39 is 31.8 Å². The van der Waals surface area contributed by atoms with Gasteiger partial charge in [0.25, 0.3) is 35.3 Å². The first-order chi connectivity index (χ1) is 69.3. The smallest absolute Gasteiger partial charge is 0.475 e. The van der Waals surface area contributed by atoms with Crippen molar-refractivity contribution in [3.8, 4) is 114 Å². The second-order valence-electron chi connectivity index (χ2n) is 35.4. The molecule has 18 rings (SSSR count). The first-order valence-electron chi connectivity index (χ1n) is 46.1. The molecule has 0 saturated carbocycles. The predicted molar refractivity (Wildman–Crippen MR) is 502 cm³/mol. The topological polar surface area (TPSA) is 300 Å². The maximum absolute atomic E-state index is 12.4. The van der Waals surface area contributed by atoms with Crippen LogP contribution in [0.15, 0.2) is 235 Å². The Kier molecular flexibility index (Phi) is 33.9. The Bertz CT molecular complexity index is 6920. The molecular weight excluding hydrogens is 1950 g/mol. The van der Waals surface area contributed by atoms with Crippen molar-refractivity contribution in [2.24, 2.45) is 23.7 Å². The predicted octanol–water partition coefficient (Wildman–Crippen LogP) is 26.0. The summed E-state index contributed by atoms with van der Waals surface area (Å²) in [7, 11) is 0. The standard InChI is InChI=1S/C23H23F3N2O4.C21H19F3N2O4.C20H17F3N2O4.C20H18F3NO4.C20H20F3NO3/c1-14(2)19(28-11-3-4-21(28)29)13-30-22-18-12-16(7-10-20(18)32-27-22)15-5-8-17(9-6-15)31-23(24,25)26;1-13(26-10-2-3-19(26)27)12-28-20-17-11-15(6-9-18(17)30-25-20)14-4-7-16(8-5-14)29-21(22,23)24;21-20(22,23)28-15-6-3-13(4-7-15)14-5-8-17-16(11-14)19(24-29-17)27-12-18(26)25-9-1-2-10-25;1-12(2)9-15(25)11-26-19-17-10-14(5-8-18(17)28-24-19)13-3-6-16(7-4-13)27-20(21,22)23;1-12(2)13(3)11-25-19-17-10-15(6-9-18(17)27-24-19)14-4-7-16(8-5-14)26-20(21,22)23/h5-10,12,14,19H,3-4,11,13H2,1-2H3;4-9,11,13H,2-3,10,12H2,1H3;3-8,11H,1-2,9-10,12H2;3-8,10,12H,9,11H2,1-2H3;4-10,12-13H,11H2,1-3H3/t19-;13-;;;13-/m11..1/s1. The highest BCUT2D eigenvalue weighted by Gasteiger charge is 2.37. The minimum Gasteiger partial charge on any atom is -0.475 e. The van der Waals surface area contributed by atoms with E-state index in [9.17, 15) is 85.0 Å². The summed E-state index contributed by atoms with van der Waals surface area (Å²) in [5, 5.41) is 22.8. The Balaban J connectivity index is 0.000000144. The van der Waals surface area contributed by atoms with Gasteiger partial charge in [-0.2, -0.15) is 0 Å². The molecule has 8 heterocycles. The molecule has 0 aliphatic carbocycles. The summed E-state index contributed by atoms with van der Waals surface area (Å²) in [6.45, 7) is 20.0. The number of carbonyl (C=O) groups excluding carboxylic acids is 4. The van der Waals surface area contributed by atoms with Crippen LogP contribution < -0.4 is 47.4 Å². The number of ketones is 1. The normalized spacial score (nSPS) is 14.2. The summed E-state index contributed by atoms with van der Waals surface area (Å²) in [6.07, 6.45) is -18.4. The van der Waals surface area contributed by atoms with Crippen molar-refractivity contribution in [2.45, 2.75) is 144 Å². The van der Waals surface area contributed by atoms with E-state index in [0.29, 0.717) is 134 Å². The highest BCUT2D eigenvalue weighted by atomic mass is 19.4. The summed E-state index contributed by atoms with van der Waals surface area (Å²) in [4.78, 5) is 53.4. The van der Waals surface area contributed by atoms with Gasteiger partial charge in [0.05, 0.1) is 45.6 Å². The largest absolute Gasteiger partial charge is 0.573 e. The lowest BCUT2D eigenvalue weighted by atomic mass is 9.99. The Hall–Kier alpha value is -15.4. The van der Waals surface area contributed by atoms with Gasteiger partial charge in [-0.1, -0.05) is 139 Å². The lowest BCUT2D eigenvalue weighted by Gasteiger charge is -2.30. The number of hydrogen-bond donors (Lipinski definition) is 0. The highest BCUT2D eigenvalue weighted by Crippen LogP contribution is 2.41. The number of halogens is 15. The van der Waals surface area contributed by atoms with Gasteiger partial charge in [-0.15, -0.1) is 65.9 Å². The minimum atomic E-state index is -4.73. The van der Waals surface area contributed by atoms with Crippen molar-refractivity contribution in [1.82, 2.24) is 40.5 Å². The van der Waals surface area contributed by atoms with Gasteiger partial charge in [0, 0.05) is 45.4 Å². The summed E-state index contributed by atoms with van der Waals surface area (Å²) >= 11 is 0. The van der Waals surface area contributed by atoms with Crippen LogP contribution in [0.1, 0.15) is 100 Å². The fourth-order valence-corrected chi connectivity index (χ4v) is 15.8. The molecule has 3 saturated heterocycles. The number of aromatic nitrogens is 5. The average molecular weight is 2050 g/mol. The van der Waals surface area contributed by atoms with Crippen molar-refractivity contribution in [1.29, 1.82) is 0 Å². The van der Waals surface area contributed by atoms with Crippen molar-refractivity contribution in [3.05, 3.63) is 212 Å². The molecule has 772 valence electrons. The van der Waals surface area contributed by atoms with Gasteiger partial charge in [0.1, 0.15) is 48.6 Å². The maximum atomic E-state index is 12.4. The van der Waals surface area contributed by atoms with Crippen LogP contribution >= 0.6 is 0 Å². The van der Waals surface area contributed by atoms with Gasteiger partial charge in [0.15, 0.2) is 40.3 Å². The van der Waals surface area contributed by atoms with Crippen LogP contribution in [0.5, 0.6) is 58.1 Å². The van der Waals surface area contributed by atoms with Crippen molar-refractivity contribution in [3.63, 3.8) is 0 Å². The lowest BCUT2D eigenvalue weighted by Crippen LogP contribution is -2.43. The molecule has 42 heteroatoms. The van der Waals surface area contributed by atoms with Gasteiger partial charge >= 0.3 is 31.8 Å². The zero-order valence-electron chi connectivity index (χ0n) is 79.5. The van der Waals surface area contributed by atoms with Crippen LogP contribution in [0.4, 0.5) is 65.9 Å². The molecule has 3 aliphatic heterocycles. The molecule has 5 aromatic heterocycles. The van der Waals surface area contributed by atoms with E-state index in [4.69, 9.17) is 46.3 Å². The van der Waals surface area contributed by atoms with Crippen LogP contribution in [0, 0.1) is 23.7 Å². The van der Waals surface area contributed by atoms with E-state index in [1.165, 1.54) is 97.1 Å². The van der Waals surface area contributed by atoms with Gasteiger partial charge < -0.3 is 84.7 Å². The number of carbonyl (C=O) groups is 4. The molecular formula is C104H97F15N8O19. The lowest BCUT2D eigenvalue weighted by molar-refractivity contribution is -0.275.